The zero-order valence-corrected chi connectivity index (χ0v) is 16.8. The van der Waals surface area contributed by atoms with E-state index >= 15 is 0 Å². The van der Waals surface area contributed by atoms with Gasteiger partial charge in [-0.25, -0.2) is 0 Å². The van der Waals surface area contributed by atoms with Crippen LogP contribution in [0.2, 0.25) is 0 Å². The molecule has 2 aromatic rings. The molecule has 1 aromatic heterocycles. The van der Waals surface area contributed by atoms with Crippen molar-refractivity contribution in [1.82, 2.24) is 15.1 Å². The zero-order valence-electron chi connectivity index (χ0n) is 15.9. The Hall–Kier alpha value is -1.85. The van der Waals surface area contributed by atoms with Gasteiger partial charge in [0.05, 0.1) is 0 Å². The quantitative estimate of drug-likeness (QED) is 0.597. The van der Waals surface area contributed by atoms with Crippen molar-refractivity contribution >= 4 is 17.3 Å². The molecule has 4 nitrogen and oxygen atoms in total. The molecule has 5 heteroatoms. The first-order valence-corrected chi connectivity index (χ1v) is 10.4. The van der Waals surface area contributed by atoms with Crippen molar-refractivity contribution in [3.63, 3.8) is 0 Å². The number of guanidine groups is 1. The van der Waals surface area contributed by atoms with E-state index in [0.29, 0.717) is 0 Å². The van der Waals surface area contributed by atoms with Gasteiger partial charge in [0.1, 0.15) is 0 Å². The number of hydrogen-bond donors (Lipinski definition) is 1. The minimum absolute atomic E-state index is 0.806. The molecule has 0 unspecified atom stereocenters. The second-order valence-corrected chi connectivity index (χ2v) is 7.98. The average molecular weight is 371 g/mol. The first kappa shape index (κ1) is 18.9. The lowest BCUT2D eigenvalue weighted by Gasteiger charge is -2.22. The van der Waals surface area contributed by atoms with Gasteiger partial charge in [-0.1, -0.05) is 30.3 Å². The molecule has 0 spiro atoms. The predicted octanol–water partition coefficient (Wildman–Crippen LogP) is 3.59. The summed E-state index contributed by atoms with van der Waals surface area (Å²) in [5, 5.41) is 5.61. The van der Waals surface area contributed by atoms with E-state index in [1.54, 1.807) is 0 Å². The van der Waals surface area contributed by atoms with Crippen molar-refractivity contribution < 1.29 is 0 Å². The topological polar surface area (TPSA) is 30.9 Å². The average Bonchev–Trinajstić information content (AvgIpc) is 3.35. The molecule has 1 aromatic carbocycles. The summed E-state index contributed by atoms with van der Waals surface area (Å²) >= 11 is 1.82. The lowest BCUT2D eigenvalue weighted by atomic mass is 10.1. The lowest BCUT2D eigenvalue weighted by molar-refractivity contribution is 0.331. The molecule has 1 N–H and O–H groups in total. The third-order valence-corrected chi connectivity index (χ3v) is 5.86. The maximum absolute atomic E-state index is 4.42. The maximum Gasteiger partial charge on any atom is 0.193 e. The molecule has 3 rings (SSSR count). The highest BCUT2D eigenvalue weighted by Crippen LogP contribution is 2.13. The van der Waals surface area contributed by atoms with Crippen molar-refractivity contribution in [2.45, 2.75) is 32.4 Å². The van der Waals surface area contributed by atoms with Crippen LogP contribution in [0.25, 0.3) is 0 Å². The third kappa shape index (κ3) is 5.58. The Morgan fingerprint density at radius 2 is 1.88 bits per heavy atom. The minimum Gasteiger partial charge on any atom is -0.352 e. The molecule has 1 aliphatic rings. The van der Waals surface area contributed by atoms with Gasteiger partial charge >= 0.3 is 0 Å². The predicted molar refractivity (Wildman–Crippen MR) is 112 cm³/mol. The van der Waals surface area contributed by atoms with E-state index in [0.717, 1.165) is 32.0 Å². The number of aliphatic imine (C=N–C) groups is 1. The van der Waals surface area contributed by atoms with Gasteiger partial charge in [0, 0.05) is 38.6 Å². The van der Waals surface area contributed by atoms with E-state index in [2.05, 4.69) is 68.9 Å². The second-order valence-electron chi connectivity index (χ2n) is 6.95. The summed E-state index contributed by atoms with van der Waals surface area (Å²) in [5.74, 6) is 0.947. The smallest absolute Gasteiger partial charge is 0.193 e. The minimum atomic E-state index is 0.806. The summed E-state index contributed by atoms with van der Waals surface area (Å²) < 4.78 is 0. The number of hydrogen-bond acceptors (Lipinski definition) is 3. The van der Waals surface area contributed by atoms with E-state index in [1.165, 1.54) is 41.9 Å². The van der Waals surface area contributed by atoms with Gasteiger partial charge in [-0.05, 0) is 54.9 Å². The van der Waals surface area contributed by atoms with Crippen molar-refractivity contribution in [3.05, 3.63) is 57.8 Å². The van der Waals surface area contributed by atoms with E-state index in [-0.39, 0.29) is 0 Å². The molecule has 0 radical (unpaired) electrons. The maximum atomic E-state index is 4.42. The summed E-state index contributed by atoms with van der Waals surface area (Å²) in [7, 11) is 3.95. The van der Waals surface area contributed by atoms with Crippen LogP contribution in [0.5, 0.6) is 0 Å². The summed E-state index contributed by atoms with van der Waals surface area (Å²) in [5.41, 5.74) is 2.70. The van der Waals surface area contributed by atoms with Gasteiger partial charge in [-0.15, -0.1) is 11.3 Å². The summed E-state index contributed by atoms with van der Waals surface area (Å²) in [4.78, 5) is 10.6. The largest absolute Gasteiger partial charge is 0.352 e. The molecular weight excluding hydrogens is 340 g/mol. The standard InChI is InChI=1S/C21H30N4S/c1-22-21(24(2)14-11-20-6-5-15-26-20)23-16-18-7-9-19(10-8-18)17-25-12-3-4-13-25/h5-10,15H,3-4,11-14,16-17H2,1-2H3,(H,22,23). The number of nitrogens with one attached hydrogen (secondary N) is 1. The molecule has 26 heavy (non-hydrogen) atoms. The van der Waals surface area contributed by atoms with Crippen LogP contribution in [0.4, 0.5) is 0 Å². The number of likely N-dealkylation sites (N-methyl/N-ethyl adjacent to an activating group) is 1. The molecule has 1 saturated heterocycles. The first-order chi connectivity index (χ1) is 12.7. The van der Waals surface area contributed by atoms with Gasteiger partial charge in [0.2, 0.25) is 0 Å². The van der Waals surface area contributed by atoms with Crippen LogP contribution in [0, 0.1) is 0 Å². The van der Waals surface area contributed by atoms with Gasteiger partial charge in [-0.2, -0.15) is 0 Å². The normalized spacial score (nSPS) is 15.4. The highest BCUT2D eigenvalue weighted by molar-refractivity contribution is 7.09. The van der Waals surface area contributed by atoms with Crippen LogP contribution < -0.4 is 5.32 Å². The fourth-order valence-corrected chi connectivity index (χ4v) is 4.06. The summed E-state index contributed by atoms with van der Waals surface area (Å²) in [6, 6.07) is 13.3. The molecule has 0 amide bonds. The fourth-order valence-electron chi connectivity index (χ4n) is 3.37. The van der Waals surface area contributed by atoms with Crippen LogP contribution >= 0.6 is 11.3 Å². The fraction of sp³-hybridized carbons (Fsp3) is 0.476. The summed E-state index contributed by atoms with van der Waals surface area (Å²) in [6.07, 6.45) is 3.75. The van der Waals surface area contributed by atoms with Gasteiger partial charge in [0.25, 0.3) is 0 Å². The van der Waals surface area contributed by atoms with Crippen molar-refractivity contribution in [2.75, 3.05) is 33.7 Å². The SMILES string of the molecule is CN=C(NCc1ccc(CN2CCCC2)cc1)N(C)CCc1cccs1. The van der Waals surface area contributed by atoms with E-state index < -0.39 is 0 Å². The van der Waals surface area contributed by atoms with Crippen LogP contribution in [0.3, 0.4) is 0 Å². The highest BCUT2D eigenvalue weighted by Gasteiger charge is 2.11. The molecule has 1 fully saturated rings. The summed E-state index contributed by atoms with van der Waals surface area (Å²) in [6.45, 7) is 5.35. The van der Waals surface area contributed by atoms with E-state index in [1.807, 2.05) is 18.4 Å². The van der Waals surface area contributed by atoms with Crippen molar-refractivity contribution in [3.8, 4) is 0 Å². The van der Waals surface area contributed by atoms with Crippen LogP contribution in [-0.4, -0.2) is 49.5 Å². The van der Waals surface area contributed by atoms with Crippen LogP contribution in [0.1, 0.15) is 28.8 Å². The first-order valence-electron chi connectivity index (χ1n) is 9.49. The zero-order chi connectivity index (χ0) is 18.2. The Labute approximate surface area is 161 Å². The highest BCUT2D eigenvalue weighted by atomic mass is 32.1. The van der Waals surface area contributed by atoms with Gasteiger partial charge < -0.3 is 10.2 Å². The Bertz CT molecular complexity index is 673. The Kier molecular flexibility index (Phi) is 7.09. The number of benzene rings is 1. The number of thiophene rings is 1. The van der Waals surface area contributed by atoms with Crippen molar-refractivity contribution in [2.24, 2.45) is 4.99 Å². The number of rotatable bonds is 7. The monoisotopic (exact) mass is 370 g/mol. The van der Waals surface area contributed by atoms with Gasteiger partial charge in [0.15, 0.2) is 5.96 Å². The third-order valence-electron chi connectivity index (χ3n) is 4.93. The Morgan fingerprint density at radius 1 is 1.15 bits per heavy atom. The molecular formula is C21H30N4S. The van der Waals surface area contributed by atoms with Crippen molar-refractivity contribution in [1.29, 1.82) is 0 Å². The molecule has 0 atom stereocenters. The van der Waals surface area contributed by atoms with E-state index in [9.17, 15) is 0 Å². The molecule has 140 valence electrons. The molecule has 0 bridgehead atoms. The second kappa shape index (κ2) is 9.74. The molecule has 0 aliphatic carbocycles. The molecule has 2 heterocycles. The lowest BCUT2D eigenvalue weighted by Crippen LogP contribution is -2.39. The van der Waals surface area contributed by atoms with E-state index in [4.69, 9.17) is 0 Å². The van der Waals surface area contributed by atoms with Crippen LogP contribution in [0.15, 0.2) is 46.8 Å². The van der Waals surface area contributed by atoms with Crippen LogP contribution in [-0.2, 0) is 19.5 Å². The molecule has 0 saturated carbocycles. The Balaban J connectivity index is 1.45. The Morgan fingerprint density at radius 3 is 2.54 bits per heavy atom. The number of likely N-dealkylation sites (tertiary alicyclic amines) is 1. The molecule has 1 aliphatic heterocycles. The number of nitrogens with zero attached hydrogens (tertiary/aromatic N) is 3. The van der Waals surface area contributed by atoms with Gasteiger partial charge in [-0.3, -0.25) is 9.89 Å².